The Kier molecular flexibility index (Phi) is 4.98. The van der Waals surface area contributed by atoms with Gasteiger partial charge in [-0.3, -0.25) is 19.8 Å². The van der Waals surface area contributed by atoms with E-state index in [0.717, 1.165) is 12.0 Å². The molecule has 0 saturated carbocycles. The van der Waals surface area contributed by atoms with Crippen molar-refractivity contribution in [2.24, 2.45) is 0 Å². The maximum absolute atomic E-state index is 13.1. The third kappa shape index (κ3) is 3.41. The Morgan fingerprint density at radius 2 is 1.83 bits per heavy atom. The van der Waals surface area contributed by atoms with Crippen LogP contribution in [0.5, 0.6) is 0 Å². The summed E-state index contributed by atoms with van der Waals surface area (Å²) in [4.78, 5) is 29.4. The Morgan fingerprint density at radius 1 is 1.13 bits per heavy atom. The molecular formula is C24H25N3O2S. The highest BCUT2D eigenvalue weighted by molar-refractivity contribution is 7.80. The number of amides is 2. The number of hydrogen-bond acceptors (Lipinski definition) is 4. The third-order valence-electron chi connectivity index (χ3n) is 6.08. The van der Waals surface area contributed by atoms with Crippen LogP contribution in [0, 0.1) is 0 Å². The number of anilines is 2. The zero-order valence-corrected chi connectivity index (χ0v) is 18.4. The molecule has 30 heavy (non-hydrogen) atoms. The first-order chi connectivity index (χ1) is 14.2. The van der Waals surface area contributed by atoms with Gasteiger partial charge in [0.05, 0.1) is 5.69 Å². The first kappa shape index (κ1) is 20.3. The van der Waals surface area contributed by atoms with Crippen molar-refractivity contribution in [3.8, 4) is 0 Å². The van der Waals surface area contributed by atoms with Crippen molar-refractivity contribution in [3.05, 3.63) is 65.2 Å². The summed E-state index contributed by atoms with van der Waals surface area (Å²) in [6.07, 6.45) is 2.69. The summed E-state index contributed by atoms with van der Waals surface area (Å²) in [6, 6.07) is 15.2. The lowest BCUT2D eigenvalue weighted by Crippen LogP contribution is -2.54. The number of nitrogens with zero attached hydrogens (tertiary/aromatic N) is 2. The van der Waals surface area contributed by atoms with E-state index in [0.29, 0.717) is 11.6 Å². The van der Waals surface area contributed by atoms with Crippen molar-refractivity contribution in [3.63, 3.8) is 0 Å². The molecule has 0 spiro atoms. The van der Waals surface area contributed by atoms with Gasteiger partial charge in [0.2, 0.25) is 0 Å². The second-order valence-electron chi connectivity index (χ2n) is 8.59. The molecular weight excluding hydrogens is 394 g/mol. The summed E-state index contributed by atoms with van der Waals surface area (Å²) < 4.78 is 0. The van der Waals surface area contributed by atoms with E-state index in [1.54, 1.807) is 18.2 Å². The number of hydrogen-bond donors (Lipinski definition) is 1. The van der Waals surface area contributed by atoms with Gasteiger partial charge < -0.3 is 4.90 Å². The minimum Gasteiger partial charge on any atom is -0.369 e. The molecule has 0 unspecified atom stereocenters. The van der Waals surface area contributed by atoms with E-state index in [4.69, 9.17) is 12.2 Å². The molecule has 0 aromatic heterocycles. The molecule has 1 fully saturated rings. The Morgan fingerprint density at radius 3 is 2.53 bits per heavy atom. The van der Waals surface area contributed by atoms with E-state index < -0.39 is 11.8 Å². The predicted octanol–water partition coefficient (Wildman–Crippen LogP) is 4.24. The van der Waals surface area contributed by atoms with Crippen LogP contribution in [0.4, 0.5) is 11.4 Å². The zero-order valence-electron chi connectivity index (χ0n) is 17.6. The van der Waals surface area contributed by atoms with E-state index in [9.17, 15) is 9.59 Å². The van der Waals surface area contributed by atoms with E-state index >= 15 is 0 Å². The van der Waals surface area contributed by atoms with Crippen LogP contribution in [0.3, 0.4) is 0 Å². The van der Waals surface area contributed by atoms with Gasteiger partial charge in [-0.1, -0.05) is 31.2 Å². The highest BCUT2D eigenvalue weighted by Crippen LogP contribution is 2.42. The Labute approximate surface area is 182 Å². The molecule has 0 aliphatic carbocycles. The molecule has 0 radical (unpaired) electrons. The molecule has 2 aromatic carbocycles. The molecule has 1 atom stereocenters. The molecule has 6 heteroatoms. The number of benzene rings is 2. The molecule has 2 aliphatic heterocycles. The number of rotatable bonds is 2. The van der Waals surface area contributed by atoms with E-state index in [1.165, 1.54) is 16.2 Å². The van der Waals surface area contributed by atoms with Crippen LogP contribution in [-0.2, 0) is 9.59 Å². The average molecular weight is 420 g/mol. The van der Waals surface area contributed by atoms with Crippen molar-refractivity contribution in [2.75, 3.05) is 16.8 Å². The summed E-state index contributed by atoms with van der Waals surface area (Å²) in [5, 5.41) is 2.73. The van der Waals surface area contributed by atoms with Gasteiger partial charge >= 0.3 is 0 Å². The predicted molar refractivity (Wildman–Crippen MR) is 125 cm³/mol. The van der Waals surface area contributed by atoms with E-state index in [-0.39, 0.29) is 16.2 Å². The lowest BCUT2D eigenvalue weighted by Gasteiger charge is -2.45. The molecule has 154 valence electrons. The minimum atomic E-state index is -0.471. The number of para-hydroxylation sites is 1. The Balaban J connectivity index is 1.72. The summed E-state index contributed by atoms with van der Waals surface area (Å²) in [5.74, 6) is -0.506. The van der Waals surface area contributed by atoms with Gasteiger partial charge in [-0.05, 0) is 79.9 Å². The quantitative estimate of drug-likeness (QED) is 0.449. The lowest BCUT2D eigenvalue weighted by atomic mass is 9.80. The fourth-order valence-corrected chi connectivity index (χ4v) is 4.60. The number of fused-ring (bicyclic) bond motifs is 1. The normalized spacial score (nSPS) is 22.2. The molecule has 4 rings (SSSR count). The fourth-order valence-electron chi connectivity index (χ4n) is 4.32. The Hall–Kier alpha value is -2.99. The van der Waals surface area contributed by atoms with E-state index in [1.807, 2.05) is 24.3 Å². The lowest BCUT2D eigenvalue weighted by molar-refractivity contribution is -0.122. The number of carbonyl (C=O) groups is 2. The summed E-state index contributed by atoms with van der Waals surface area (Å²) in [7, 11) is 2.11. The smallest absolute Gasteiger partial charge is 0.270 e. The number of thiocarbonyl (C=S) groups is 1. The monoisotopic (exact) mass is 419 g/mol. The zero-order chi connectivity index (χ0) is 21.6. The largest absolute Gasteiger partial charge is 0.369 e. The SMILES string of the molecule is C[C@H]1CC(C)(C)N(C)c2ccc(/C=C3\C(=O)NC(=S)N(c4ccccc4)C3=O)cc21. The molecule has 2 aliphatic rings. The van der Waals surface area contributed by atoms with Crippen molar-refractivity contribution < 1.29 is 9.59 Å². The second-order valence-corrected chi connectivity index (χ2v) is 8.97. The van der Waals surface area contributed by atoms with Gasteiger partial charge in [0.25, 0.3) is 11.8 Å². The van der Waals surface area contributed by atoms with Gasteiger partial charge in [-0.25, -0.2) is 0 Å². The maximum atomic E-state index is 13.1. The molecule has 1 saturated heterocycles. The first-order valence-electron chi connectivity index (χ1n) is 10.0. The molecule has 5 nitrogen and oxygen atoms in total. The van der Waals surface area contributed by atoms with Gasteiger partial charge in [0.15, 0.2) is 5.11 Å². The van der Waals surface area contributed by atoms with Crippen LogP contribution < -0.4 is 15.1 Å². The third-order valence-corrected chi connectivity index (χ3v) is 6.37. The molecule has 1 N–H and O–H groups in total. The highest BCUT2D eigenvalue weighted by atomic mass is 32.1. The standard InChI is InChI=1S/C24H25N3O2S/c1-15-14-24(2,3)26(4)20-11-10-16(12-18(15)20)13-19-21(28)25-23(30)27(22(19)29)17-8-6-5-7-9-17/h5-13,15H,14H2,1-4H3,(H,25,28,30)/b19-13+/t15-/m0/s1. The van der Waals surface area contributed by atoms with Crippen LogP contribution in [0.15, 0.2) is 54.1 Å². The number of nitrogens with one attached hydrogen (secondary N) is 1. The van der Waals surface area contributed by atoms with Crippen LogP contribution in [0.25, 0.3) is 6.08 Å². The summed E-state index contributed by atoms with van der Waals surface area (Å²) in [6.45, 7) is 6.71. The topological polar surface area (TPSA) is 52.7 Å². The maximum Gasteiger partial charge on any atom is 0.270 e. The highest BCUT2D eigenvalue weighted by Gasteiger charge is 2.36. The van der Waals surface area contributed by atoms with Crippen LogP contribution >= 0.6 is 12.2 Å². The summed E-state index contributed by atoms with van der Waals surface area (Å²) >= 11 is 5.25. The molecule has 2 heterocycles. The van der Waals surface area contributed by atoms with Gasteiger partial charge in [-0.2, -0.15) is 0 Å². The summed E-state index contributed by atoms with van der Waals surface area (Å²) in [5.41, 5.74) is 4.02. The van der Waals surface area contributed by atoms with Crippen molar-refractivity contribution in [1.29, 1.82) is 0 Å². The first-order valence-corrected chi connectivity index (χ1v) is 10.4. The molecule has 0 bridgehead atoms. The van der Waals surface area contributed by atoms with Crippen molar-refractivity contribution >= 4 is 46.6 Å². The van der Waals surface area contributed by atoms with Crippen molar-refractivity contribution in [1.82, 2.24) is 5.32 Å². The van der Waals surface area contributed by atoms with Crippen LogP contribution in [0.2, 0.25) is 0 Å². The second kappa shape index (κ2) is 7.36. The van der Waals surface area contributed by atoms with Crippen LogP contribution in [-0.4, -0.2) is 29.5 Å². The fraction of sp³-hybridized carbons (Fsp3) is 0.292. The van der Waals surface area contributed by atoms with E-state index in [2.05, 4.69) is 50.2 Å². The van der Waals surface area contributed by atoms with Gasteiger partial charge in [-0.15, -0.1) is 0 Å². The molecule has 2 aromatic rings. The van der Waals surface area contributed by atoms with Crippen molar-refractivity contribution in [2.45, 2.75) is 38.6 Å². The van der Waals surface area contributed by atoms with Gasteiger partial charge in [0.1, 0.15) is 5.57 Å². The van der Waals surface area contributed by atoms with Gasteiger partial charge in [0, 0.05) is 18.3 Å². The Bertz CT molecular complexity index is 1080. The minimum absolute atomic E-state index is 0.0737. The van der Waals surface area contributed by atoms with Crippen LogP contribution in [0.1, 0.15) is 44.2 Å². The average Bonchev–Trinajstić information content (AvgIpc) is 2.70. The number of carbonyl (C=O) groups excluding carboxylic acids is 2. The molecule has 2 amide bonds.